The van der Waals surface area contributed by atoms with E-state index in [0.717, 1.165) is 23.0 Å². The molecule has 0 saturated carbocycles. The number of hydrogen-bond acceptors (Lipinski definition) is 2. The summed E-state index contributed by atoms with van der Waals surface area (Å²) in [5.74, 6) is -0.0112. The van der Waals surface area contributed by atoms with Crippen molar-refractivity contribution in [3.05, 3.63) is 65.7 Å². The van der Waals surface area contributed by atoms with Crippen LogP contribution in [-0.4, -0.2) is 33.9 Å². The Morgan fingerprint density at radius 3 is 3.04 bits per heavy atom. The number of H-pyrrole nitrogens is 1. The second-order valence-corrected chi connectivity index (χ2v) is 5.93. The predicted octanol–water partition coefficient (Wildman–Crippen LogP) is 3.33. The van der Waals surface area contributed by atoms with Crippen LogP contribution >= 0.6 is 0 Å². The number of imidazole rings is 1. The van der Waals surface area contributed by atoms with Crippen molar-refractivity contribution in [1.82, 2.24) is 14.9 Å². The SMILES string of the molecule is O=C(c1ccc2nc[nH]c2c1)N1CC[C@H](c2cccc(F)c2)C1. The summed E-state index contributed by atoms with van der Waals surface area (Å²) in [5, 5.41) is 0. The Labute approximate surface area is 133 Å². The Kier molecular flexibility index (Phi) is 3.33. The van der Waals surface area contributed by atoms with Gasteiger partial charge in [0.15, 0.2) is 0 Å². The van der Waals surface area contributed by atoms with Crippen LogP contribution in [0.3, 0.4) is 0 Å². The molecular formula is C18H16FN3O. The third-order valence-corrected chi connectivity index (χ3v) is 4.46. The van der Waals surface area contributed by atoms with E-state index in [9.17, 15) is 9.18 Å². The Hall–Kier alpha value is -2.69. The molecule has 0 radical (unpaired) electrons. The number of fused-ring (bicyclic) bond motifs is 1. The largest absolute Gasteiger partial charge is 0.345 e. The molecule has 0 unspecified atom stereocenters. The van der Waals surface area contributed by atoms with E-state index >= 15 is 0 Å². The van der Waals surface area contributed by atoms with Gasteiger partial charge in [-0.15, -0.1) is 0 Å². The molecule has 2 heterocycles. The maximum Gasteiger partial charge on any atom is 0.253 e. The lowest BCUT2D eigenvalue weighted by molar-refractivity contribution is 0.0791. The fraction of sp³-hybridized carbons (Fsp3) is 0.222. The Morgan fingerprint density at radius 1 is 1.26 bits per heavy atom. The molecule has 0 aliphatic carbocycles. The quantitative estimate of drug-likeness (QED) is 0.789. The minimum atomic E-state index is -0.225. The maximum atomic E-state index is 13.4. The summed E-state index contributed by atoms with van der Waals surface area (Å²) in [6.45, 7) is 1.32. The zero-order valence-corrected chi connectivity index (χ0v) is 12.5. The normalized spacial score (nSPS) is 17.8. The number of halogens is 1. The average molecular weight is 309 g/mol. The van der Waals surface area contributed by atoms with E-state index in [2.05, 4.69) is 9.97 Å². The number of likely N-dealkylation sites (tertiary alicyclic amines) is 1. The summed E-state index contributed by atoms with van der Waals surface area (Å²) in [6, 6.07) is 12.1. The van der Waals surface area contributed by atoms with Crippen molar-refractivity contribution in [2.45, 2.75) is 12.3 Å². The molecule has 1 aliphatic heterocycles. The summed E-state index contributed by atoms with van der Waals surface area (Å²) in [6.07, 6.45) is 2.48. The first kappa shape index (κ1) is 13.9. The van der Waals surface area contributed by atoms with Crippen LogP contribution in [0.25, 0.3) is 11.0 Å². The number of hydrogen-bond donors (Lipinski definition) is 1. The van der Waals surface area contributed by atoms with Crippen LogP contribution in [0.5, 0.6) is 0 Å². The molecule has 5 heteroatoms. The Morgan fingerprint density at radius 2 is 2.17 bits per heavy atom. The number of aromatic amines is 1. The van der Waals surface area contributed by atoms with Crippen LogP contribution in [0.4, 0.5) is 4.39 Å². The van der Waals surface area contributed by atoms with Gasteiger partial charge in [-0.3, -0.25) is 4.79 Å². The fourth-order valence-electron chi connectivity index (χ4n) is 3.23. The van der Waals surface area contributed by atoms with Crippen molar-refractivity contribution in [3.8, 4) is 0 Å². The molecule has 0 spiro atoms. The lowest BCUT2D eigenvalue weighted by Gasteiger charge is -2.17. The van der Waals surface area contributed by atoms with E-state index in [-0.39, 0.29) is 17.6 Å². The van der Waals surface area contributed by atoms with Crippen LogP contribution in [0.2, 0.25) is 0 Å². The van der Waals surface area contributed by atoms with E-state index < -0.39 is 0 Å². The molecule has 3 aromatic rings. The van der Waals surface area contributed by atoms with Crippen LogP contribution in [0.15, 0.2) is 48.8 Å². The minimum Gasteiger partial charge on any atom is -0.345 e. The topological polar surface area (TPSA) is 49.0 Å². The van der Waals surface area contributed by atoms with E-state index in [0.29, 0.717) is 18.7 Å². The summed E-state index contributed by atoms with van der Waals surface area (Å²) >= 11 is 0. The lowest BCUT2D eigenvalue weighted by Crippen LogP contribution is -2.28. The molecule has 1 saturated heterocycles. The molecule has 1 amide bonds. The van der Waals surface area contributed by atoms with Crippen molar-refractivity contribution in [1.29, 1.82) is 0 Å². The summed E-state index contributed by atoms with van der Waals surface area (Å²) in [5.41, 5.74) is 3.32. The van der Waals surface area contributed by atoms with E-state index in [1.165, 1.54) is 6.07 Å². The van der Waals surface area contributed by atoms with Gasteiger partial charge in [-0.25, -0.2) is 9.37 Å². The molecule has 1 aliphatic rings. The zero-order chi connectivity index (χ0) is 15.8. The highest BCUT2D eigenvalue weighted by Crippen LogP contribution is 2.28. The minimum absolute atomic E-state index is 0.0143. The van der Waals surface area contributed by atoms with Gasteiger partial charge in [0, 0.05) is 24.6 Å². The second-order valence-electron chi connectivity index (χ2n) is 5.93. The van der Waals surface area contributed by atoms with Gasteiger partial charge in [-0.2, -0.15) is 0 Å². The van der Waals surface area contributed by atoms with Crippen LogP contribution < -0.4 is 0 Å². The molecule has 1 fully saturated rings. The highest BCUT2D eigenvalue weighted by atomic mass is 19.1. The average Bonchev–Trinajstić information content (AvgIpc) is 3.22. The molecule has 2 aromatic carbocycles. The van der Waals surface area contributed by atoms with Gasteiger partial charge in [0.05, 0.1) is 17.4 Å². The van der Waals surface area contributed by atoms with Crippen molar-refractivity contribution >= 4 is 16.9 Å². The van der Waals surface area contributed by atoms with Gasteiger partial charge in [-0.1, -0.05) is 12.1 Å². The lowest BCUT2D eigenvalue weighted by atomic mass is 9.98. The number of nitrogens with one attached hydrogen (secondary N) is 1. The van der Waals surface area contributed by atoms with Crippen molar-refractivity contribution < 1.29 is 9.18 Å². The van der Waals surface area contributed by atoms with E-state index in [1.54, 1.807) is 24.5 Å². The first-order valence-electron chi connectivity index (χ1n) is 7.68. The molecule has 1 N–H and O–H groups in total. The molecule has 4 rings (SSSR count). The maximum absolute atomic E-state index is 13.4. The van der Waals surface area contributed by atoms with Crippen LogP contribution in [0.1, 0.15) is 28.3 Å². The molecule has 1 aromatic heterocycles. The third kappa shape index (κ3) is 2.59. The molecule has 0 bridgehead atoms. The van der Waals surface area contributed by atoms with Crippen LogP contribution in [-0.2, 0) is 0 Å². The van der Waals surface area contributed by atoms with Gasteiger partial charge in [0.2, 0.25) is 0 Å². The first-order chi connectivity index (χ1) is 11.2. The highest BCUT2D eigenvalue weighted by molar-refractivity contribution is 5.97. The van der Waals surface area contributed by atoms with Crippen molar-refractivity contribution in [2.75, 3.05) is 13.1 Å². The van der Waals surface area contributed by atoms with Crippen molar-refractivity contribution in [3.63, 3.8) is 0 Å². The molecular weight excluding hydrogens is 293 g/mol. The zero-order valence-electron chi connectivity index (χ0n) is 12.5. The number of rotatable bonds is 2. The number of amides is 1. The number of carbonyl (C=O) groups excluding carboxylic acids is 1. The van der Waals surface area contributed by atoms with E-state index in [4.69, 9.17) is 0 Å². The summed E-state index contributed by atoms with van der Waals surface area (Å²) < 4.78 is 13.4. The molecule has 23 heavy (non-hydrogen) atoms. The predicted molar refractivity (Wildman–Crippen MR) is 85.8 cm³/mol. The molecule has 1 atom stereocenters. The highest BCUT2D eigenvalue weighted by Gasteiger charge is 2.28. The number of benzene rings is 2. The van der Waals surface area contributed by atoms with E-state index in [1.807, 2.05) is 23.1 Å². The Bertz CT molecular complexity index is 873. The number of aromatic nitrogens is 2. The first-order valence-corrected chi connectivity index (χ1v) is 7.68. The molecule has 4 nitrogen and oxygen atoms in total. The summed E-state index contributed by atoms with van der Waals surface area (Å²) in [4.78, 5) is 21.7. The Balaban J connectivity index is 1.53. The van der Waals surface area contributed by atoms with Gasteiger partial charge in [0.25, 0.3) is 5.91 Å². The number of carbonyl (C=O) groups is 1. The van der Waals surface area contributed by atoms with Crippen molar-refractivity contribution in [2.24, 2.45) is 0 Å². The van der Waals surface area contributed by atoms with Gasteiger partial charge < -0.3 is 9.88 Å². The third-order valence-electron chi connectivity index (χ3n) is 4.46. The fourth-order valence-corrected chi connectivity index (χ4v) is 3.23. The monoisotopic (exact) mass is 309 g/mol. The number of nitrogens with zero attached hydrogens (tertiary/aromatic N) is 2. The summed E-state index contributed by atoms with van der Waals surface area (Å²) in [7, 11) is 0. The van der Waals surface area contributed by atoms with Gasteiger partial charge in [-0.05, 0) is 42.3 Å². The van der Waals surface area contributed by atoms with Crippen LogP contribution in [0, 0.1) is 5.82 Å². The standard InChI is InChI=1S/C18H16FN3O/c19-15-3-1-2-12(8-15)14-6-7-22(10-14)18(23)13-4-5-16-17(9-13)21-11-20-16/h1-5,8-9,11,14H,6-7,10H2,(H,20,21)/t14-/m0/s1. The van der Waals surface area contributed by atoms with Gasteiger partial charge in [0.1, 0.15) is 5.82 Å². The second kappa shape index (κ2) is 5.50. The molecule has 116 valence electrons. The van der Waals surface area contributed by atoms with Gasteiger partial charge >= 0.3 is 0 Å². The smallest absolute Gasteiger partial charge is 0.253 e.